The van der Waals surface area contributed by atoms with Crippen molar-refractivity contribution in [3.8, 4) is 0 Å². The fourth-order valence-corrected chi connectivity index (χ4v) is 2.69. The highest BCUT2D eigenvalue weighted by molar-refractivity contribution is 6.39. The van der Waals surface area contributed by atoms with E-state index in [2.05, 4.69) is 43.2 Å². The van der Waals surface area contributed by atoms with E-state index in [4.69, 9.17) is 0 Å². The molecule has 0 saturated heterocycles. The molecule has 0 aliphatic carbocycles. The lowest BCUT2D eigenvalue weighted by molar-refractivity contribution is -0.136. The van der Waals surface area contributed by atoms with Gasteiger partial charge >= 0.3 is 11.8 Å². The average Bonchev–Trinajstić information content (AvgIpc) is 2.59. The van der Waals surface area contributed by atoms with Crippen molar-refractivity contribution in [2.75, 3.05) is 31.5 Å². The lowest BCUT2D eigenvalue weighted by Gasteiger charge is -2.20. The van der Waals surface area contributed by atoms with E-state index < -0.39 is 11.8 Å². The van der Waals surface area contributed by atoms with E-state index in [1.54, 1.807) is 0 Å². The van der Waals surface area contributed by atoms with Crippen LogP contribution in [-0.4, -0.2) is 42.9 Å². The molecule has 0 aliphatic heterocycles. The van der Waals surface area contributed by atoms with Crippen molar-refractivity contribution in [3.05, 3.63) is 29.8 Å². The Morgan fingerprint density at radius 1 is 0.960 bits per heavy atom. The molecule has 1 aromatic carbocycles. The number of nitrogens with zero attached hydrogens (tertiary/aromatic N) is 1. The highest BCUT2D eigenvalue weighted by atomic mass is 16.2. The zero-order chi connectivity index (χ0) is 18.7. The first-order valence-electron chi connectivity index (χ1n) is 9.39. The van der Waals surface area contributed by atoms with Gasteiger partial charge in [-0.25, -0.2) is 0 Å². The van der Waals surface area contributed by atoms with Crippen LogP contribution in [0.2, 0.25) is 0 Å². The Morgan fingerprint density at radius 2 is 1.56 bits per heavy atom. The third-order valence-corrected chi connectivity index (χ3v) is 4.06. The first kappa shape index (κ1) is 21.2. The summed E-state index contributed by atoms with van der Waals surface area (Å²) in [6.45, 7) is 12.2. The standard InChI is InChI=1S/C20H33N3O2/c1-5-13-23(14-6-2)15-7-12-21-19(24)20(25)22-18-10-8-17(9-11-18)16(3)4/h8-11,16H,5-7,12-15H2,1-4H3,(H,21,24)(H,22,25). The molecule has 5 heteroatoms. The maximum absolute atomic E-state index is 11.9. The number of hydrogen-bond donors (Lipinski definition) is 2. The summed E-state index contributed by atoms with van der Waals surface area (Å²) in [6.07, 6.45) is 3.11. The second kappa shape index (κ2) is 11.6. The third-order valence-electron chi connectivity index (χ3n) is 4.06. The van der Waals surface area contributed by atoms with E-state index in [0.717, 1.165) is 38.9 Å². The molecule has 140 valence electrons. The zero-order valence-electron chi connectivity index (χ0n) is 16.1. The number of benzene rings is 1. The Kier molecular flexibility index (Phi) is 9.85. The van der Waals surface area contributed by atoms with Gasteiger partial charge in [-0.2, -0.15) is 0 Å². The quantitative estimate of drug-likeness (QED) is 0.504. The Balaban J connectivity index is 2.33. The molecular formula is C20H33N3O2. The van der Waals surface area contributed by atoms with Gasteiger partial charge in [0.05, 0.1) is 0 Å². The summed E-state index contributed by atoms with van der Waals surface area (Å²) in [6, 6.07) is 7.59. The summed E-state index contributed by atoms with van der Waals surface area (Å²) in [5.74, 6) is -0.755. The first-order valence-corrected chi connectivity index (χ1v) is 9.39. The predicted octanol–water partition coefficient (Wildman–Crippen LogP) is 3.38. The van der Waals surface area contributed by atoms with E-state index >= 15 is 0 Å². The van der Waals surface area contributed by atoms with Crippen molar-refractivity contribution in [1.82, 2.24) is 10.2 Å². The molecule has 0 spiro atoms. The Labute approximate surface area is 152 Å². The third kappa shape index (κ3) is 8.16. The summed E-state index contributed by atoms with van der Waals surface area (Å²) in [7, 11) is 0. The number of nitrogens with one attached hydrogen (secondary N) is 2. The summed E-state index contributed by atoms with van der Waals surface area (Å²) in [4.78, 5) is 26.2. The van der Waals surface area contributed by atoms with E-state index in [1.165, 1.54) is 5.56 Å². The van der Waals surface area contributed by atoms with Crippen molar-refractivity contribution in [2.24, 2.45) is 0 Å². The maximum atomic E-state index is 11.9. The molecule has 0 atom stereocenters. The molecule has 5 nitrogen and oxygen atoms in total. The second-order valence-electron chi connectivity index (χ2n) is 6.68. The highest BCUT2D eigenvalue weighted by Gasteiger charge is 2.13. The molecule has 1 rings (SSSR count). The number of hydrogen-bond acceptors (Lipinski definition) is 3. The molecule has 0 fully saturated rings. The molecule has 2 amide bonds. The molecule has 0 unspecified atom stereocenters. The normalized spacial score (nSPS) is 11.0. The lowest BCUT2D eigenvalue weighted by Crippen LogP contribution is -2.37. The van der Waals surface area contributed by atoms with E-state index in [1.807, 2.05) is 24.3 Å². The van der Waals surface area contributed by atoms with E-state index in [9.17, 15) is 9.59 Å². The number of rotatable bonds is 10. The van der Waals surface area contributed by atoms with Crippen LogP contribution in [0.25, 0.3) is 0 Å². The van der Waals surface area contributed by atoms with Crippen molar-refractivity contribution in [2.45, 2.75) is 52.9 Å². The van der Waals surface area contributed by atoms with Crippen LogP contribution in [0.4, 0.5) is 5.69 Å². The molecule has 0 heterocycles. The minimum atomic E-state index is -0.615. The number of carbonyl (C=O) groups excluding carboxylic acids is 2. The maximum Gasteiger partial charge on any atom is 0.313 e. The van der Waals surface area contributed by atoms with E-state index in [-0.39, 0.29) is 0 Å². The van der Waals surface area contributed by atoms with Gasteiger partial charge in [-0.3, -0.25) is 9.59 Å². The molecule has 0 aliphatic rings. The fourth-order valence-electron chi connectivity index (χ4n) is 2.69. The van der Waals surface area contributed by atoms with Crippen LogP contribution in [0, 0.1) is 0 Å². The van der Waals surface area contributed by atoms with Gasteiger partial charge in [-0.1, -0.05) is 39.8 Å². The van der Waals surface area contributed by atoms with Crippen LogP contribution < -0.4 is 10.6 Å². The van der Waals surface area contributed by atoms with Crippen LogP contribution in [0.15, 0.2) is 24.3 Å². The van der Waals surface area contributed by atoms with Gasteiger partial charge in [0.25, 0.3) is 0 Å². The molecular weight excluding hydrogens is 314 g/mol. The first-order chi connectivity index (χ1) is 12.0. The van der Waals surface area contributed by atoms with Gasteiger partial charge in [0.15, 0.2) is 0 Å². The van der Waals surface area contributed by atoms with Crippen molar-refractivity contribution < 1.29 is 9.59 Å². The fraction of sp³-hybridized carbons (Fsp3) is 0.600. The zero-order valence-corrected chi connectivity index (χ0v) is 16.1. The Hall–Kier alpha value is -1.88. The minimum absolute atomic E-state index is 0.438. The molecule has 25 heavy (non-hydrogen) atoms. The number of carbonyl (C=O) groups is 2. The van der Waals surface area contributed by atoms with E-state index in [0.29, 0.717) is 18.2 Å². The molecule has 0 saturated carbocycles. The molecule has 0 radical (unpaired) electrons. The Morgan fingerprint density at radius 3 is 2.08 bits per heavy atom. The molecule has 1 aromatic rings. The average molecular weight is 348 g/mol. The minimum Gasteiger partial charge on any atom is -0.348 e. The highest BCUT2D eigenvalue weighted by Crippen LogP contribution is 2.16. The van der Waals surface area contributed by atoms with Gasteiger partial charge in [-0.15, -0.1) is 0 Å². The van der Waals surface area contributed by atoms with Gasteiger partial charge in [-0.05, 0) is 62.5 Å². The van der Waals surface area contributed by atoms with Crippen molar-refractivity contribution >= 4 is 17.5 Å². The lowest BCUT2D eigenvalue weighted by atomic mass is 10.0. The SMILES string of the molecule is CCCN(CCC)CCCNC(=O)C(=O)Nc1ccc(C(C)C)cc1. The van der Waals surface area contributed by atoms with Gasteiger partial charge in [0, 0.05) is 12.2 Å². The van der Waals surface area contributed by atoms with Crippen LogP contribution in [0.5, 0.6) is 0 Å². The summed E-state index contributed by atoms with van der Waals surface area (Å²) in [5.41, 5.74) is 1.84. The van der Waals surface area contributed by atoms with Gasteiger partial charge < -0.3 is 15.5 Å². The monoisotopic (exact) mass is 347 g/mol. The van der Waals surface area contributed by atoms with Crippen molar-refractivity contribution in [1.29, 1.82) is 0 Å². The van der Waals surface area contributed by atoms with Crippen molar-refractivity contribution in [3.63, 3.8) is 0 Å². The van der Waals surface area contributed by atoms with Crippen LogP contribution >= 0.6 is 0 Å². The number of anilines is 1. The smallest absolute Gasteiger partial charge is 0.313 e. The number of amides is 2. The molecule has 0 aromatic heterocycles. The molecule has 2 N–H and O–H groups in total. The summed E-state index contributed by atoms with van der Waals surface area (Å²) < 4.78 is 0. The van der Waals surface area contributed by atoms with Crippen LogP contribution in [0.1, 0.15) is 58.4 Å². The Bertz CT molecular complexity index is 520. The topological polar surface area (TPSA) is 61.4 Å². The van der Waals surface area contributed by atoms with Crippen LogP contribution in [0.3, 0.4) is 0 Å². The molecule has 0 bridgehead atoms. The predicted molar refractivity (Wildman–Crippen MR) is 104 cm³/mol. The second-order valence-corrected chi connectivity index (χ2v) is 6.68. The summed E-state index contributed by atoms with van der Waals surface area (Å²) >= 11 is 0. The largest absolute Gasteiger partial charge is 0.348 e. The summed E-state index contributed by atoms with van der Waals surface area (Å²) in [5, 5.41) is 5.33. The van der Waals surface area contributed by atoms with Gasteiger partial charge in [0.2, 0.25) is 0 Å². The van der Waals surface area contributed by atoms with Gasteiger partial charge in [0.1, 0.15) is 0 Å². The van der Waals surface area contributed by atoms with Crippen LogP contribution in [-0.2, 0) is 9.59 Å².